The number of amides is 1. The quantitative estimate of drug-likeness (QED) is 0.334. The van der Waals surface area contributed by atoms with Crippen molar-refractivity contribution in [1.82, 2.24) is 19.4 Å². The predicted molar refractivity (Wildman–Crippen MR) is 133 cm³/mol. The zero-order valence-electron chi connectivity index (χ0n) is 19.5. The Morgan fingerprint density at radius 1 is 1.06 bits per heavy atom. The highest BCUT2D eigenvalue weighted by molar-refractivity contribution is 6.05. The van der Waals surface area contributed by atoms with Gasteiger partial charge in [-0.2, -0.15) is 0 Å². The van der Waals surface area contributed by atoms with Gasteiger partial charge in [-0.25, -0.2) is 15.0 Å². The Morgan fingerprint density at radius 2 is 1.86 bits per heavy atom. The van der Waals surface area contributed by atoms with E-state index in [0.717, 1.165) is 11.1 Å². The number of hydrogen-bond acceptors (Lipinski definition) is 7. The highest BCUT2D eigenvalue weighted by atomic mass is 16.3. The molecule has 0 unspecified atom stereocenters. The summed E-state index contributed by atoms with van der Waals surface area (Å²) in [4.78, 5) is 26.3. The van der Waals surface area contributed by atoms with Gasteiger partial charge in [0.15, 0.2) is 5.69 Å². The van der Waals surface area contributed by atoms with Crippen LogP contribution in [-0.4, -0.2) is 37.4 Å². The molecule has 5 aromatic rings. The first-order chi connectivity index (χ1) is 16.8. The maximum absolute atomic E-state index is 13.1. The Hall–Kier alpha value is -4.50. The lowest BCUT2D eigenvalue weighted by Crippen LogP contribution is -2.15. The normalized spacial score (nSPS) is 11.5. The van der Waals surface area contributed by atoms with E-state index in [4.69, 9.17) is 4.42 Å². The molecular weight excluding hydrogens is 444 g/mol. The summed E-state index contributed by atoms with van der Waals surface area (Å²) < 4.78 is 7.34. The number of aliphatic hydroxyl groups is 1. The van der Waals surface area contributed by atoms with Crippen molar-refractivity contribution in [3.63, 3.8) is 0 Å². The third-order valence-electron chi connectivity index (χ3n) is 5.55. The number of nitrogens with one attached hydrogen (secondary N) is 2. The van der Waals surface area contributed by atoms with Crippen LogP contribution in [0.3, 0.4) is 0 Å². The Balaban J connectivity index is 1.51. The number of carbonyl (C=O) groups excluding carboxylic acids is 1. The van der Waals surface area contributed by atoms with Gasteiger partial charge >= 0.3 is 0 Å². The molecule has 4 aromatic heterocycles. The molecule has 0 saturated carbocycles. The van der Waals surface area contributed by atoms with Crippen LogP contribution in [0.5, 0.6) is 0 Å². The van der Waals surface area contributed by atoms with Gasteiger partial charge in [0, 0.05) is 36.8 Å². The number of benzene rings is 1. The largest absolute Gasteiger partial charge is 0.444 e. The van der Waals surface area contributed by atoms with Crippen LogP contribution in [0.2, 0.25) is 0 Å². The predicted octanol–water partition coefficient (Wildman–Crippen LogP) is 4.57. The lowest BCUT2D eigenvalue weighted by molar-refractivity contribution is 0.0744. The van der Waals surface area contributed by atoms with Gasteiger partial charge in [-0.1, -0.05) is 30.3 Å². The highest BCUT2D eigenvalue weighted by Crippen LogP contribution is 2.31. The average molecular weight is 469 g/mol. The second-order valence-corrected chi connectivity index (χ2v) is 8.59. The molecule has 0 fully saturated rings. The number of rotatable bonds is 6. The molecule has 0 atom stereocenters. The van der Waals surface area contributed by atoms with Crippen molar-refractivity contribution in [3.05, 3.63) is 84.8 Å². The fourth-order valence-corrected chi connectivity index (χ4v) is 3.68. The second-order valence-electron chi connectivity index (χ2n) is 8.59. The smallest absolute Gasteiger partial charge is 0.277 e. The third kappa shape index (κ3) is 4.49. The molecule has 0 spiro atoms. The average Bonchev–Trinajstić information content (AvgIpc) is 3.51. The molecule has 1 aromatic carbocycles. The van der Waals surface area contributed by atoms with Crippen LogP contribution in [0.15, 0.2) is 77.8 Å². The minimum absolute atomic E-state index is 0.143. The van der Waals surface area contributed by atoms with Crippen LogP contribution in [0.1, 0.15) is 30.0 Å². The first-order valence-corrected chi connectivity index (χ1v) is 11.0. The van der Waals surface area contributed by atoms with Crippen molar-refractivity contribution >= 4 is 23.1 Å². The van der Waals surface area contributed by atoms with Crippen LogP contribution in [-0.2, 0) is 5.60 Å². The summed E-state index contributed by atoms with van der Waals surface area (Å²) in [6, 6.07) is 15.1. The zero-order valence-corrected chi connectivity index (χ0v) is 19.5. The lowest BCUT2D eigenvalue weighted by Gasteiger charge is -2.12. The summed E-state index contributed by atoms with van der Waals surface area (Å²) in [5.74, 6) is 0.567. The van der Waals surface area contributed by atoms with E-state index < -0.39 is 11.5 Å². The molecule has 0 aliphatic rings. The van der Waals surface area contributed by atoms with Crippen molar-refractivity contribution in [2.24, 2.45) is 0 Å². The number of pyridine rings is 2. The standard InChI is InChI=1S/C26H24N6O3/c1-26(2,34)21-14-32-13-19(18(12-23(32)31-21)16-7-5-4-6-8-16)29-24(33)20-15-35-25(30-20)17-9-10-28-22(11-17)27-3/h4-15,34H,1-3H3,(H,27,28)(H,29,33). The van der Waals surface area contributed by atoms with Crippen LogP contribution in [0.25, 0.3) is 28.2 Å². The SMILES string of the molecule is CNc1cc(-c2nc(C(=O)Nc3cn4cc(C(C)(C)O)nc4cc3-c3ccccc3)co2)ccn1. The Kier molecular flexibility index (Phi) is 5.54. The Labute approximate surface area is 201 Å². The number of aromatic nitrogens is 4. The monoisotopic (exact) mass is 468 g/mol. The molecule has 1 amide bonds. The van der Waals surface area contributed by atoms with E-state index in [1.807, 2.05) is 36.4 Å². The van der Waals surface area contributed by atoms with Crippen molar-refractivity contribution in [2.45, 2.75) is 19.4 Å². The van der Waals surface area contributed by atoms with Crippen molar-refractivity contribution in [1.29, 1.82) is 0 Å². The summed E-state index contributed by atoms with van der Waals surface area (Å²) in [6.07, 6.45) is 6.49. The molecule has 9 nitrogen and oxygen atoms in total. The zero-order chi connectivity index (χ0) is 24.6. The minimum Gasteiger partial charge on any atom is -0.444 e. The van der Waals surface area contributed by atoms with E-state index in [-0.39, 0.29) is 5.69 Å². The van der Waals surface area contributed by atoms with Crippen LogP contribution < -0.4 is 10.6 Å². The lowest BCUT2D eigenvalue weighted by atomic mass is 10.1. The van der Waals surface area contributed by atoms with Gasteiger partial charge in [-0.05, 0) is 37.6 Å². The number of carbonyl (C=O) groups is 1. The molecule has 0 aliphatic heterocycles. The highest BCUT2D eigenvalue weighted by Gasteiger charge is 2.22. The number of anilines is 2. The number of hydrogen-bond donors (Lipinski definition) is 3. The van der Waals surface area contributed by atoms with E-state index in [1.54, 1.807) is 56.0 Å². The molecule has 5 rings (SSSR count). The number of oxazole rings is 1. The molecule has 3 N–H and O–H groups in total. The van der Waals surface area contributed by atoms with E-state index in [1.165, 1.54) is 6.26 Å². The van der Waals surface area contributed by atoms with Gasteiger partial charge in [-0.3, -0.25) is 4.79 Å². The van der Waals surface area contributed by atoms with Gasteiger partial charge in [0.1, 0.15) is 23.3 Å². The topological polar surface area (TPSA) is 118 Å². The number of nitrogens with zero attached hydrogens (tertiary/aromatic N) is 4. The summed E-state index contributed by atoms with van der Waals surface area (Å²) in [5, 5.41) is 16.3. The summed E-state index contributed by atoms with van der Waals surface area (Å²) >= 11 is 0. The maximum atomic E-state index is 13.1. The van der Waals surface area contributed by atoms with Gasteiger partial charge in [0.25, 0.3) is 5.91 Å². The van der Waals surface area contributed by atoms with Crippen molar-refractivity contribution < 1.29 is 14.3 Å². The molecule has 176 valence electrons. The van der Waals surface area contributed by atoms with Gasteiger partial charge in [0.2, 0.25) is 5.89 Å². The minimum atomic E-state index is -1.10. The first-order valence-electron chi connectivity index (χ1n) is 11.0. The van der Waals surface area contributed by atoms with E-state index in [0.29, 0.717) is 34.3 Å². The van der Waals surface area contributed by atoms with Gasteiger partial charge in [-0.15, -0.1) is 0 Å². The Morgan fingerprint density at radius 3 is 2.60 bits per heavy atom. The van der Waals surface area contributed by atoms with Crippen LogP contribution >= 0.6 is 0 Å². The Bertz CT molecular complexity index is 1520. The fourth-order valence-electron chi connectivity index (χ4n) is 3.68. The molecular formula is C26H24N6O3. The second kappa shape index (κ2) is 8.69. The summed E-state index contributed by atoms with van der Waals surface area (Å²) in [6.45, 7) is 3.36. The molecule has 0 aliphatic carbocycles. The molecule has 9 heteroatoms. The van der Waals surface area contributed by atoms with Gasteiger partial charge in [0.05, 0.1) is 11.4 Å². The van der Waals surface area contributed by atoms with Crippen molar-refractivity contribution in [3.8, 4) is 22.6 Å². The third-order valence-corrected chi connectivity index (χ3v) is 5.55. The fraction of sp³-hybridized carbons (Fsp3) is 0.154. The van der Waals surface area contributed by atoms with E-state index in [9.17, 15) is 9.90 Å². The molecule has 4 heterocycles. The summed E-state index contributed by atoms with van der Waals surface area (Å²) in [5.41, 5.74) is 3.20. The molecule has 35 heavy (non-hydrogen) atoms. The first kappa shape index (κ1) is 22.3. The van der Waals surface area contributed by atoms with E-state index in [2.05, 4.69) is 25.6 Å². The van der Waals surface area contributed by atoms with Crippen LogP contribution in [0.4, 0.5) is 11.5 Å². The summed E-state index contributed by atoms with van der Waals surface area (Å²) in [7, 11) is 1.77. The number of imidazole rings is 1. The van der Waals surface area contributed by atoms with Crippen LogP contribution in [0, 0.1) is 0 Å². The maximum Gasteiger partial charge on any atom is 0.277 e. The number of fused-ring (bicyclic) bond motifs is 1. The molecule has 0 saturated heterocycles. The van der Waals surface area contributed by atoms with Gasteiger partial charge < -0.3 is 24.6 Å². The molecule has 0 bridgehead atoms. The molecule has 0 radical (unpaired) electrons. The van der Waals surface area contributed by atoms with Crippen molar-refractivity contribution in [2.75, 3.05) is 17.7 Å². The van der Waals surface area contributed by atoms with E-state index >= 15 is 0 Å².